The number of amides is 1. The molecule has 25 heavy (non-hydrogen) atoms. The van der Waals surface area contributed by atoms with E-state index in [0.717, 1.165) is 5.56 Å². The molecule has 0 saturated carbocycles. The Morgan fingerprint density at radius 3 is 2.00 bits per heavy atom. The van der Waals surface area contributed by atoms with E-state index in [4.69, 9.17) is 0 Å². The summed E-state index contributed by atoms with van der Waals surface area (Å²) in [5.74, 6) is -1.65. The minimum Gasteiger partial charge on any atom is -0.508 e. The van der Waals surface area contributed by atoms with Crippen molar-refractivity contribution in [2.75, 3.05) is 0 Å². The fourth-order valence-corrected chi connectivity index (χ4v) is 2.20. The lowest BCUT2D eigenvalue weighted by atomic mass is 9.87. The van der Waals surface area contributed by atoms with Crippen LogP contribution in [0.4, 0.5) is 0 Å². The van der Waals surface area contributed by atoms with Crippen LogP contribution < -0.4 is 5.32 Å². The van der Waals surface area contributed by atoms with Gasteiger partial charge in [0, 0.05) is 5.56 Å². The molecule has 0 spiro atoms. The van der Waals surface area contributed by atoms with E-state index in [1.54, 1.807) is 24.3 Å². The van der Waals surface area contributed by atoms with Crippen molar-refractivity contribution in [1.82, 2.24) is 5.32 Å². The molecule has 130 valence electrons. The Hall–Kier alpha value is -3.08. The monoisotopic (exact) mass is 339 g/mol. The van der Waals surface area contributed by atoms with Crippen molar-refractivity contribution < 1.29 is 19.8 Å². The molecule has 0 aliphatic heterocycles. The van der Waals surface area contributed by atoms with Crippen molar-refractivity contribution in [3.05, 3.63) is 70.9 Å². The zero-order valence-electron chi connectivity index (χ0n) is 14.4. The zero-order valence-corrected chi connectivity index (χ0v) is 14.4. The lowest BCUT2D eigenvalue weighted by Gasteiger charge is -2.19. The van der Waals surface area contributed by atoms with Gasteiger partial charge in [0.05, 0.1) is 0 Å². The van der Waals surface area contributed by atoms with Gasteiger partial charge in [-0.25, -0.2) is 4.79 Å². The van der Waals surface area contributed by atoms with Crippen molar-refractivity contribution in [1.29, 1.82) is 0 Å². The van der Waals surface area contributed by atoms with Gasteiger partial charge in [0.15, 0.2) is 0 Å². The van der Waals surface area contributed by atoms with Crippen molar-refractivity contribution in [2.45, 2.75) is 26.2 Å². The van der Waals surface area contributed by atoms with E-state index in [9.17, 15) is 19.8 Å². The molecule has 0 atom stereocenters. The fourth-order valence-electron chi connectivity index (χ4n) is 2.20. The Morgan fingerprint density at radius 2 is 1.52 bits per heavy atom. The second-order valence-electron chi connectivity index (χ2n) is 6.74. The maximum Gasteiger partial charge on any atom is 0.352 e. The number of carboxylic acid groups (broad SMARTS) is 1. The number of aromatic hydroxyl groups is 1. The molecule has 5 heteroatoms. The summed E-state index contributed by atoms with van der Waals surface area (Å²) in [5.41, 5.74) is 1.75. The van der Waals surface area contributed by atoms with Crippen LogP contribution in [0.25, 0.3) is 6.08 Å². The molecule has 0 heterocycles. The third-order valence-electron chi connectivity index (χ3n) is 3.70. The first kappa shape index (κ1) is 18.3. The number of aliphatic carboxylic acids is 1. The standard InChI is InChI=1S/C20H21NO4/c1-20(2,3)15-8-6-14(7-9-15)18(23)21-17(19(24)25)12-13-4-10-16(22)11-5-13/h4-12,22H,1-3H3,(H,21,23)(H,24,25)/b17-12+. The molecule has 0 saturated heterocycles. The van der Waals surface area contributed by atoms with Crippen LogP contribution in [0.1, 0.15) is 42.3 Å². The van der Waals surface area contributed by atoms with Crippen LogP contribution in [-0.4, -0.2) is 22.1 Å². The normalized spacial score (nSPS) is 11.9. The van der Waals surface area contributed by atoms with E-state index in [-0.39, 0.29) is 16.9 Å². The molecule has 0 aliphatic rings. The van der Waals surface area contributed by atoms with Crippen molar-refractivity contribution in [3.8, 4) is 5.75 Å². The largest absolute Gasteiger partial charge is 0.508 e. The molecule has 0 unspecified atom stereocenters. The number of nitrogens with one attached hydrogen (secondary N) is 1. The predicted octanol–water partition coefficient (Wildman–Crippen LogP) is 3.55. The van der Waals surface area contributed by atoms with E-state index >= 15 is 0 Å². The molecule has 5 nitrogen and oxygen atoms in total. The first-order chi connectivity index (χ1) is 11.7. The number of hydrogen-bond acceptors (Lipinski definition) is 3. The molecule has 2 aromatic carbocycles. The van der Waals surface area contributed by atoms with Gasteiger partial charge in [0.1, 0.15) is 11.4 Å². The minimum atomic E-state index is -1.24. The van der Waals surface area contributed by atoms with Crippen molar-refractivity contribution >= 4 is 18.0 Å². The third-order valence-corrected chi connectivity index (χ3v) is 3.70. The zero-order chi connectivity index (χ0) is 18.6. The highest BCUT2D eigenvalue weighted by Gasteiger charge is 2.16. The van der Waals surface area contributed by atoms with Gasteiger partial charge in [-0.1, -0.05) is 45.0 Å². The van der Waals surface area contributed by atoms with Crippen LogP contribution >= 0.6 is 0 Å². The highest BCUT2D eigenvalue weighted by molar-refractivity contribution is 6.02. The second kappa shape index (κ2) is 7.21. The molecule has 2 aromatic rings. The fraction of sp³-hybridized carbons (Fsp3) is 0.200. The number of phenolic OH excluding ortho intramolecular Hbond substituents is 1. The molecule has 0 bridgehead atoms. The summed E-state index contributed by atoms with van der Waals surface area (Å²) in [7, 11) is 0. The summed E-state index contributed by atoms with van der Waals surface area (Å²) in [4.78, 5) is 23.7. The number of hydrogen-bond donors (Lipinski definition) is 3. The first-order valence-corrected chi connectivity index (χ1v) is 7.83. The molecule has 0 radical (unpaired) electrons. The first-order valence-electron chi connectivity index (χ1n) is 7.83. The van der Waals surface area contributed by atoms with Crippen molar-refractivity contribution in [2.24, 2.45) is 0 Å². The lowest BCUT2D eigenvalue weighted by Crippen LogP contribution is -2.27. The molecular weight excluding hydrogens is 318 g/mol. The van der Waals surface area contributed by atoms with Crippen LogP contribution in [0.15, 0.2) is 54.2 Å². The Kier molecular flexibility index (Phi) is 5.27. The maximum absolute atomic E-state index is 12.3. The number of carbonyl (C=O) groups excluding carboxylic acids is 1. The van der Waals surface area contributed by atoms with Gasteiger partial charge in [-0.3, -0.25) is 4.79 Å². The summed E-state index contributed by atoms with van der Waals surface area (Å²) in [5, 5.41) is 21.0. The molecule has 0 aliphatic carbocycles. The van der Waals surface area contributed by atoms with Crippen LogP contribution in [0, 0.1) is 0 Å². The average Bonchev–Trinajstić information content (AvgIpc) is 2.55. The molecular formula is C20H21NO4. The Bertz CT molecular complexity index is 797. The van der Waals surface area contributed by atoms with E-state index in [1.165, 1.54) is 18.2 Å². The number of benzene rings is 2. The summed E-state index contributed by atoms with van der Waals surface area (Å²) in [6, 6.07) is 13.1. The number of carboxylic acids is 1. The third kappa shape index (κ3) is 4.94. The predicted molar refractivity (Wildman–Crippen MR) is 96.3 cm³/mol. The van der Waals surface area contributed by atoms with Gasteiger partial charge < -0.3 is 15.5 Å². The van der Waals surface area contributed by atoms with Gasteiger partial charge in [0.25, 0.3) is 5.91 Å². The van der Waals surface area contributed by atoms with Gasteiger partial charge in [-0.05, 0) is 46.9 Å². The van der Waals surface area contributed by atoms with Gasteiger partial charge in [0.2, 0.25) is 0 Å². The van der Waals surface area contributed by atoms with Crippen LogP contribution in [-0.2, 0) is 10.2 Å². The highest BCUT2D eigenvalue weighted by Crippen LogP contribution is 2.22. The van der Waals surface area contributed by atoms with E-state index in [0.29, 0.717) is 11.1 Å². The summed E-state index contributed by atoms with van der Waals surface area (Å²) < 4.78 is 0. The van der Waals surface area contributed by atoms with Crippen LogP contribution in [0.2, 0.25) is 0 Å². The van der Waals surface area contributed by atoms with Gasteiger partial charge >= 0.3 is 5.97 Å². The molecule has 2 rings (SSSR count). The summed E-state index contributed by atoms with van der Waals surface area (Å²) >= 11 is 0. The molecule has 0 fully saturated rings. The maximum atomic E-state index is 12.3. The number of carbonyl (C=O) groups is 2. The number of rotatable bonds is 4. The highest BCUT2D eigenvalue weighted by atomic mass is 16.4. The summed E-state index contributed by atoms with van der Waals surface area (Å²) in [6.07, 6.45) is 1.34. The van der Waals surface area contributed by atoms with Crippen LogP contribution in [0.3, 0.4) is 0 Å². The smallest absolute Gasteiger partial charge is 0.352 e. The summed E-state index contributed by atoms with van der Waals surface area (Å²) in [6.45, 7) is 6.22. The lowest BCUT2D eigenvalue weighted by molar-refractivity contribution is -0.132. The minimum absolute atomic E-state index is 0.0278. The van der Waals surface area contributed by atoms with Gasteiger partial charge in [-0.2, -0.15) is 0 Å². The topological polar surface area (TPSA) is 86.6 Å². The van der Waals surface area contributed by atoms with Crippen LogP contribution in [0.5, 0.6) is 5.75 Å². The Morgan fingerprint density at radius 1 is 0.960 bits per heavy atom. The molecule has 0 aromatic heterocycles. The second-order valence-corrected chi connectivity index (χ2v) is 6.74. The van der Waals surface area contributed by atoms with E-state index in [1.807, 2.05) is 12.1 Å². The number of phenols is 1. The van der Waals surface area contributed by atoms with E-state index < -0.39 is 11.9 Å². The SMILES string of the molecule is CC(C)(C)c1ccc(C(=O)N/C(=C/c2ccc(O)cc2)C(=O)O)cc1. The molecule has 1 amide bonds. The Balaban J connectivity index is 2.20. The average molecular weight is 339 g/mol. The van der Waals surface area contributed by atoms with E-state index in [2.05, 4.69) is 26.1 Å². The Labute approximate surface area is 146 Å². The quantitative estimate of drug-likeness (QED) is 0.744. The molecule has 3 N–H and O–H groups in total. The van der Waals surface area contributed by atoms with Crippen molar-refractivity contribution in [3.63, 3.8) is 0 Å². The van der Waals surface area contributed by atoms with Gasteiger partial charge in [-0.15, -0.1) is 0 Å².